The highest BCUT2D eigenvalue weighted by atomic mass is 32.2. The molecule has 2 aromatic carbocycles. The van der Waals surface area contributed by atoms with Crippen LogP contribution in [0.15, 0.2) is 53.4 Å². The van der Waals surface area contributed by atoms with E-state index in [4.69, 9.17) is 5.11 Å². The van der Waals surface area contributed by atoms with Crippen molar-refractivity contribution in [2.24, 2.45) is 0 Å². The van der Waals surface area contributed by atoms with Crippen molar-refractivity contribution in [2.45, 2.75) is 11.3 Å². The summed E-state index contributed by atoms with van der Waals surface area (Å²) in [6, 6.07) is 9.23. The van der Waals surface area contributed by atoms with Gasteiger partial charge in [-0.05, 0) is 18.2 Å². The molecule has 0 aliphatic carbocycles. The van der Waals surface area contributed by atoms with Crippen molar-refractivity contribution in [3.63, 3.8) is 0 Å². The van der Waals surface area contributed by atoms with Crippen LogP contribution < -0.4 is 4.31 Å². The average Bonchev–Trinajstić information content (AvgIpc) is 2.56. The first-order chi connectivity index (χ1) is 11.7. The Morgan fingerprint density at radius 2 is 1.88 bits per heavy atom. The number of aliphatic carboxylic acids is 1. The van der Waals surface area contributed by atoms with Gasteiger partial charge in [-0.15, -0.1) is 0 Å². The predicted octanol–water partition coefficient (Wildman–Crippen LogP) is 2.40. The third-order valence-corrected chi connectivity index (χ3v) is 5.08. The van der Waals surface area contributed by atoms with Gasteiger partial charge in [0.05, 0.1) is 21.9 Å². The zero-order valence-corrected chi connectivity index (χ0v) is 13.5. The Bertz CT molecular complexity index is 916. The molecule has 2 rings (SSSR count). The number of nitrogens with zero attached hydrogens (tertiary/aromatic N) is 2. The van der Waals surface area contributed by atoms with E-state index in [0.29, 0.717) is 4.31 Å². The van der Waals surface area contributed by atoms with Crippen LogP contribution in [0.25, 0.3) is 0 Å². The minimum Gasteiger partial charge on any atom is -0.481 e. The highest BCUT2D eigenvalue weighted by molar-refractivity contribution is 7.92. The number of sulfonamides is 1. The van der Waals surface area contributed by atoms with Crippen LogP contribution in [0.5, 0.6) is 0 Å². The number of rotatable bonds is 7. The summed E-state index contributed by atoms with van der Waals surface area (Å²) in [5.41, 5.74) is -0.789. The minimum atomic E-state index is -4.40. The number of nitro benzene ring substituents is 1. The molecule has 25 heavy (non-hydrogen) atoms. The molecule has 0 amide bonds. The number of nitro groups is 1. The fraction of sp³-hybridized carbons (Fsp3) is 0.133. The minimum absolute atomic E-state index is 0.338. The Labute approximate surface area is 142 Å². The lowest BCUT2D eigenvalue weighted by Gasteiger charge is -2.24. The van der Waals surface area contributed by atoms with Crippen molar-refractivity contribution in [1.82, 2.24) is 0 Å². The van der Waals surface area contributed by atoms with Gasteiger partial charge in [0.15, 0.2) is 0 Å². The topological polar surface area (TPSA) is 118 Å². The van der Waals surface area contributed by atoms with Crippen LogP contribution in [-0.4, -0.2) is 31.0 Å². The van der Waals surface area contributed by atoms with Gasteiger partial charge in [0.1, 0.15) is 5.82 Å². The van der Waals surface area contributed by atoms with Crippen LogP contribution in [0.3, 0.4) is 0 Å². The lowest BCUT2D eigenvalue weighted by atomic mass is 10.3. The summed E-state index contributed by atoms with van der Waals surface area (Å²) in [5, 5.41) is 19.7. The quantitative estimate of drug-likeness (QED) is 0.592. The van der Waals surface area contributed by atoms with Gasteiger partial charge < -0.3 is 5.11 Å². The molecule has 1 N–H and O–H groups in total. The Balaban J connectivity index is 2.55. The molecule has 0 atom stereocenters. The molecule has 0 aliphatic heterocycles. The van der Waals surface area contributed by atoms with E-state index >= 15 is 0 Å². The number of non-ortho nitro benzene ring substituents is 1. The zero-order chi connectivity index (χ0) is 18.6. The molecular weight excluding hydrogens is 355 g/mol. The number of carbonyl (C=O) groups is 1. The molecule has 0 saturated heterocycles. The molecule has 2 aromatic rings. The van der Waals surface area contributed by atoms with Crippen molar-refractivity contribution in [1.29, 1.82) is 0 Å². The van der Waals surface area contributed by atoms with Crippen molar-refractivity contribution < 1.29 is 27.6 Å². The van der Waals surface area contributed by atoms with Gasteiger partial charge in [-0.2, -0.15) is 0 Å². The van der Waals surface area contributed by atoms with Gasteiger partial charge in [-0.3, -0.25) is 19.2 Å². The zero-order valence-electron chi connectivity index (χ0n) is 12.7. The maximum atomic E-state index is 14.1. The first-order valence-corrected chi connectivity index (χ1v) is 8.41. The molecular formula is C15H13FN2O6S. The van der Waals surface area contributed by atoms with E-state index in [1.54, 1.807) is 0 Å². The molecule has 8 nitrogen and oxygen atoms in total. The number of anilines is 1. The monoisotopic (exact) mass is 368 g/mol. The Kier molecular flexibility index (Phi) is 5.32. The maximum absolute atomic E-state index is 14.1. The third-order valence-electron chi connectivity index (χ3n) is 3.27. The molecule has 0 aliphatic rings. The number of hydrogen-bond donors (Lipinski definition) is 1. The standard InChI is InChI=1S/C15H13FN2O6S/c16-13-6-1-2-7-14(13)17(9-8-15(19)20)25(23,24)12-5-3-4-11(10-12)18(21)22/h1-7,10H,8-9H2,(H,19,20). The summed E-state index contributed by atoms with van der Waals surface area (Å²) in [6.07, 6.45) is -0.567. The Morgan fingerprint density at radius 3 is 2.48 bits per heavy atom. The molecule has 132 valence electrons. The van der Waals surface area contributed by atoms with E-state index in [-0.39, 0.29) is 5.69 Å². The molecule has 0 fully saturated rings. The fourth-order valence-electron chi connectivity index (χ4n) is 2.11. The number of benzene rings is 2. The third kappa shape index (κ3) is 4.10. The van der Waals surface area contributed by atoms with Crippen molar-refractivity contribution >= 4 is 27.4 Å². The maximum Gasteiger partial charge on any atom is 0.305 e. The first-order valence-electron chi connectivity index (χ1n) is 6.97. The van der Waals surface area contributed by atoms with Crippen LogP contribution in [0.1, 0.15) is 6.42 Å². The summed E-state index contributed by atoms with van der Waals surface area (Å²) in [7, 11) is -4.40. The van der Waals surface area contributed by atoms with Gasteiger partial charge in [0, 0.05) is 18.7 Å². The molecule has 10 heteroatoms. The van der Waals surface area contributed by atoms with E-state index in [1.807, 2.05) is 0 Å². The van der Waals surface area contributed by atoms with Gasteiger partial charge in [0.25, 0.3) is 15.7 Å². The second kappa shape index (κ2) is 7.26. The lowest BCUT2D eigenvalue weighted by Crippen LogP contribution is -2.33. The van der Waals surface area contributed by atoms with E-state index in [9.17, 15) is 27.7 Å². The molecule has 0 saturated carbocycles. The Hall–Kier alpha value is -3.01. The summed E-state index contributed by atoms with van der Waals surface area (Å²) in [5.74, 6) is -2.13. The van der Waals surface area contributed by atoms with Crippen LogP contribution in [0.4, 0.5) is 15.8 Å². The molecule has 0 bridgehead atoms. The van der Waals surface area contributed by atoms with Crippen LogP contribution >= 0.6 is 0 Å². The average molecular weight is 368 g/mol. The normalized spacial score (nSPS) is 11.1. The molecule has 0 aromatic heterocycles. The highest BCUT2D eigenvalue weighted by Gasteiger charge is 2.28. The number of hydrogen-bond acceptors (Lipinski definition) is 5. The van der Waals surface area contributed by atoms with Crippen molar-refractivity contribution in [3.05, 3.63) is 64.5 Å². The van der Waals surface area contributed by atoms with E-state index in [0.717, 1.165) is 24.3 Å². The van der Waals surface area contributed by atoms with Gasteiger partial charge >= 0.3 is 5.97 Å². The summed E-state index contributed by atoms with van der Waals surface area (Å²) in [6.45, 7) is -0.526. The van der Waals surface area contributed by atoms with Gasteiger partial charge in [-0.1, -0.05) is 18.2 Å². The van der Waals surface area contributed by atoms with E-state index in [2.05, 4.69) is 0 Å². The van der Waals surface area contributed by atoms with Crippen LogP contribution in [0.2, 0.25) is 0 Å². The molecule has 0 radical (unpaired) electrons. The van der Waals surface area contributed by atoms with Gasteiger partial charge in [-0.25, -0.2) is 12.8 Å². The first kappa shape index (κ1) is 18.3. The fourth-order valence-corrected chi connectivity index (χ4v) is 3.62. The molecule has 0 heterocycles. The molecule has 0 unspecified atom stereocenters. The number of para-hydroxylation sites is 1. The van der Waals surface area contributed by atoms with E-state index in [1.165, 1.54) is 24.3 Å². The lowest BCUT2D eigenvalue weighted by molar-refractivity contribution is -0.385. The summed E-state index contributed by atoms with van der Waals surface area (Å²) >= 11 is 0. The summed E-state index contributed by atoms with van der Waals surface area (Å²) in [4.78, 5) is 20.5. The van der Waals surface area contributed by atoms with Crippen molar-refractivity contribution in [2.75, 3.05) is 10.8 Å². The smallest absolute Gasteiger partial charge is 0.305 e. The SMILES string of the molecule is O=C(O)CCN(c1ccccc1F)S(=O)(=O)c1cccc([N+](=O)[O-])c1. The number of halogens is 1. The van der Waals surface area contributed by atoms with Crippen LogP contribution in [0, 0.1) is 15.9 Å². The van der Waals surface area contributed by atoms with E-state index < -0.39 is 50.3 Å². The second-order valence-corrected chi connectivity index (χ2v) is 6.79. The Morgan fingerprint density at radius 1 is 1.20 bits per heavy atom. The number of carboxylic acid groups (broad SMARTS) is 1. The predicted molar refractivity (Wildman–Crippen MR) is 86.3 cm³/mol. The largest absolute Gasteiger partial charge is 0.481 e. The van der Waals surface area contributed by atoms with Crippen molar-refractivity contribution in [3.8, 4) is 0 Å². The number of carboxylic acids is 1. The molecule has 0 spiro atoms. The van der Waals surface area contributed by atoms with Crippen LogP contribution in [-0.2, 0) is 14.8 Å². The summed E-state index contributed by atoms with van der Waals surface area (Å²) < 4.78 is 40.3. The van der Waals surface area contributed by atoms with Gasteiger partial charge in [0.2, 0.25) is 0 Å². The highest BCUT2D eigenvalue weighted by Crippen LogP contribution is 2.28. The second-order valence-electron chi connectivity index (χ2n) is 4.93.